The van der Waals surface area contributed by atoms with Gasteiger partial charge < -0.3 is 5.32 Å². The van der Waals surface area contributed by atoms with E-state index in [2.05, 4.69) is 16.3 Å². The van der Waals surface area contributed by atoms with Crippen LogP contribution >= 0.6 is 22.9 Å². The number of halogens is 2. The van der Waals surface area contributed by atoms with Crippen LogP contribution in [0.3, 0.4) is 0 Å². The maximum atomic E-state index is 13.8. The summed E-state index contributed by atoms with van der Waals surface area (Å²) in [6.45, 7) is 1.87. The summed E-state index contributed by atoms with van der Waals surface area (Å²) in [6, 6.07) is 12.3. The Morgan fingerprint density at radius 1 is 1.33 bits per heavy atom. The molecular formula is C20H19ClFN3OS. The van der Waals surface area contributed by atoms with Gasteiger partial charge in [0.2, 0.25) is 5.91 Å². The molecule has 4 rings (SSSR count). The number of piperidine rings is 1. The van der Waals surface area contributed by atoms with Crippen LogP contribution in [0, 0.1) is 5.82 Å². The molecule has 0 radical (unpaired) electrons. The van der Waals surface area contributed by atoms with Crippen molar-refractivity contribution in [3.05, 3.63) is 58.3 Å². The number of amides is 1. The molecule has 1 amide bonds. The number of aromatic nitrogens is 1. The summed E-state index contributed by atoms with van der Waals surface area (Å²) in [5.74, 6) is -0.397. The summed E-state index contributed by atoms with van der Waals surface area (Å²) < 4.78 is 15.0. The topological polar surface area (TPSA) is 45.2 Å². The van der Waals surface area contributed by atoms with Crippen molar-refractivity contribution in [2.24, 2.45) is 0 Å². The molecule has 1 atom stereocenters. The van der Waals surface area contributed by atoms with Crippen molar-refractivity contribution in [3.63, 3.8) is 0 Å². The van der Waals surface area contributed by atoms with Crippen molar-refractivity contribution in [3.8, 4) is 0 Å². The zero-order chi connectivity index (χ0) is 18.8. The molecular weight excluding hydrogens is 385 g/mol. The Morgan fingerprint density at radius 2 is 2.19 bits per heavy atom. The molecule has 4 nitrogen and oxygen atoms in total. The lowest BCUT2D eigenvalue weighted by Gasteiger charge is -2.31. The number of anilines is 1. The quantitative estimate of drug-likeness (QED) is 0.673. The van der Waals surface area contributed by atoms with Gasteiger partial charge >= 0.3 is 0 Å². The number of likely N-dealkylation sites (tertiary alicyclic amines) is 1. The van der Waals surface area contributed by atoms with E-state index in [1.165, 1.54) is 22.9 Å². The van der Waals surface area contributed by atoms with Crippen LogP contribution in [-0.2, 0) is 4.79 Å². The van der Waals surface area contributed by atoms with E-state index in [-0.39, 0.29) is 18.1 Å². The zero-order valence-electron chi connectivity index (χ0n) is 14.6. The van der Waals surface area contributed by atoms with Crippen LogP contribution in [0.1, 0.15) is 23.8 Å². The van der Waals surface area contributed by atoms with E-state index in [1.54, 1.807) is 11.3 Å². The number of benzene rings is 2. The Bertz CT molecular complexity index is 944. The highest BCUT2D eigenvalue weighted by atomic mass is 35.5. The molecule has 1 aliphatic heterocycles. The monoisotopic (exact) mass is 403 g/mol. The molecule has 0 spiro atoms. The van der Waals surface area contributed by atoms with E-state index in [0.29, 0.717) is 10.9 Å². The van der Waals surface area contributed by atoms with Gasteiger partial charge in [-0.25, -0.2) is 9.37 Å². The first kappa shape index (κ1) is 18.3. The Morgan fingerprint density at radius 3 is 3.04 bits per heavy atom. The van der Waals surface area contributed by atoms with Crippen LogP contribution in [0.2, 0.25) is 5.02 Å². The molecule has 0 aliphatic carbocycles. The second-order valence-electron chi connectivity index (χ2n) is 6.77. The molecule has 1 N–H and O–H groups in total. The third-order valence-electron chi connectivity index (χ3n) is 4.73. The summed E-state index contributed by atoms with van der Waals surface area (Å²) >= 11 is 7.61. The number of nitrogens with one attached hydrogen (secondary N) is 1. The second kappa shape index (κ2) is 7.92. The van der Waals surface area contributed by atoms with E-state index >= 15 is 0 Å². The van der Waals surface area contributed by atoms with Crippen molar-refractivity contribution in [1.29, 1.82) is 0 Å². The summed E-state index contributed by atoms with van der Waals surface area (Å²) in [7, 11) is 0. The van der Waals surface area contributed by atoms with Gasteiger partial charge in [0, 0.05) is 17.5 Å². The van der Waals surface area contributed by atoms with Crippen LogP contribution in [-0.4, -0.2) is 35.4 Å². The first-order valence-corrected chi connectivity index (χ1v) is 10.1. The summed E-state index contributed by atoms with van der Waals surface area (Å²) in [6.07, 6.45) is 2.08. The van der Waals surface area contributed by atoms with Gasteiger partial charge in [0.1, 0.15) is 5.82 Å². The fourth-order valence-corrected chi connectivity index (χ4v) is 4.72. The number of thiazole rings is 1. The Labute approximate surface area is 166 Å². The normalized spacial score (nSPS) is 17.9. The Kier molecular flexibility index (Phi) is 5.38. The van der Waals surface area contributed by atoms with Gasteiger partial charge in [0.25, 0.3) is 0 Å². The minimum atomic E-state index is -0.487. The van der Waals surface area contributed by atoms with Crippen LogP contribution in [0.5, 0.6) is 0 Å². The molecule has 0 bridgehead atoms. The van der Waals surface area contributed by atoms with Crippen molar-refractivity contribution in [2.75, 3.05) is 25.0 Å². The van der Waals surface area contributed by atoms with Crippen molar-refractivity contribution in [1.82, 2.24) is 9.88 Å². The summed E-state index contributed by atoms with van der Waals surface area (Å²) in [4.78, 5) is 19.2. The molecule has 2 heterocycles. The van der Waals surface area contributed by atoms with E-state index in [1.807, 2.05) is 18.2 Å². The van der Waals surface area contributed by atoms with Crippen LogP contribution in [0.25, 0.3) is 10.2 Å². The number of para-hydroxylation sites is 1. The van der Waals surface area contributed by atoms with Gasteiger partial charge in [0.15, 0.2) is 0 Å². The SMILES string of the molecule is O=C(CN1CCC[C@H](c2nc3ccccc3s2)C1)Nc1cc(Cl)ccc1F. The van der Waals surface area contributed by atoms with Crippen LogP contribution < -0.4 is 5.32 Å². The lowest BCUT2D eigenvalue weighted by atomic mass is 9.99. The minimum Gasteiger partial charge on any atom is -0.322 e. The molecule has 2 aromatic carbocycles. The third-order valence-corrected chi connectivity index (χ3v) is 6.17. The van der Waals surface area contributed by atoms with E-state index in [4.69, 9.17) is 16.6 Å². The molecule has 7 heteroatoms. The number of hydrogen-bond donors (Lipinski definition) is 1. The molecule has 3 aromatic rings. The average Bonchev–Trinajstić information content (AvgIpc) is 3.09. The van der Waals surface area contributed by atoms with Gasteiger partial charge in [0.05, 0.1) is 27.5 Å². The summed E-state index contributed by atoms with van der Waals surface area (Å²) in [5.41, 5.74) is 1.15. The summed E-state index contributed by atoms with van der Waals surface area (Å²) in [5, 5.41) is 4.14. The van der Waals surface area contributed by atoms with Gasteiger partial charge in [-0.3, -0.25) is 9.69 Å². The first-order chi connectivity index (χ1) is 13.1. The van der Waals surface area contributed by atoms with E-state index in [9.17, 15) is 9.18 Å². The smallest absolute Gasteiger partial charge is 0.238 e. The Hall–Kier alpha value is -2.02. The lowest BCUT2D eigenvalue weighted by molar-refractivity contribution is -0.117. The zero-order valence-corrected chi connectivity index (χ0v) is 16.2. The minimum absolute atomic E-state index is 0.118. The molecule has 0 saturated carbocycles. The largest absolute Gasteiger partial charge is 0.322 e. The van der Waals surface area contributed by atoms with Gasteiger partial charge in [-0.05, 0) is 49.7 Å². The number of fused-ring (bicyclic) bond motifs is 1. The molecule has 0 unspecified atom stereocenters. The molecule has 1 aliphatic rings. The third kappa shape index (κ3) is 4.29. The number of carbonyl (C=O) groups excluding carboxylic acids is 1. The first-order valence-electron chi connectivity index (χ1n) is 8.91. The lowest BCUT2D eigenvalue weighted by Crippen LogP contribution is -2.39. The predicted octanol–water partition coefficient (Wildman–Crippen LogP) is 4.91. The maximum absolute atomic E-state index is 13.8. The molecule has 1 fully saturated rings. The van der Waals surface area contributed by atoms with Crippen LogP contribution in [0.4, 0.5) is 10.1 Å². The standard InChI is InChI=1S/C20H19ClFN3OS/c21-14-7-8-15(22)17(10-14)23-19(26)12-25-9-3-4-13(11-25)20-24-16-5-1-2-6-18(16)27-20/h1-2,5-8,10,13H,3-4,9,11-12H2,(H,23,26)/t13-/m0/s1. The maximum Gasteiger partial charge on any atom is 0.238 e. The molecule has 1 saturated heterocycles. The molecule has 1 aromatic heterocycles. The second-order valence-corrected chi connectivity index (χ2v) is 8.27. The fraction of sp³-hybridized carbons (Fsp3) is 0.300. The molecule has 140 valence electrons. The molecule has 27 heavy (non-hydrogen) atoms. The van der Waals surface area contributed by atoms with Gasteiger partial charge in [-0.1, -0.05) is 23.7 Å². The fourth-order valence-electron chi connectivity index (χ4n) is 3.45. The van der Waals surface area contributed by atoms with Crippen LogP contribution in [0.15, 0.2) is 42.5 Å². The average molecular weight is 404 g/mol. The highest BCUT2D eigenvalue weighted by molar-refractivity contribution is 7.18. The highest BCUT2D eigenvalue weighted by Crippen LogP contribution is 2.32. The van der Waals surface area contributed by atoms with Gasteiger partial charge in [-0.15, -0.1) is 11.3 Å². The van der Waals surface area contributed by atoms with Crippen molar-refractivity contribution >= 4 is 44.7 Å². The predicted molar refractivity (Wildman–Crippen MR) is 108 cm³/mol. The van der Waals surface area contributed by atoms with Crippen molar-refractivity contribution < 1.29 is 9.18 Å². The Balaban J connectivity index is 1.40. The van der Waals surface area contributed by atoms with Gasteiger partial charge in [-0.2, -0.15) is 0 Å². The van der Waals surface area contributed by atoms with Crippen molar-refractivity contribution in [2.45, 2.75) is 18.8 Å². The number of hydrogen-bond acceptors (Lipinski definition) is 4. The van der Waals surface area contributed by atoms with E-state index < -0.39 is 5.82 Å². The number of carbonyl (C=O) groups is 1. The van der Waals surface area contributed by atoms with E-state index in [0.717, 1.165) is 36.5 Å². The number of rotatable bonds is 4. The number of nitrogens with zero attached hydrogens (tertiary/aromatic N) is 2. The highest BCUT2D eigenvalue weighted by Gasteiger charge is 2.25.